The average molecular weight is 425 g/mol. The first-order valence-electron chi connectivity index (χ1n) is 5.56. The van der Waals surface area contributed by atoms with E-state index in [9.17, 15) is 24.2 Å². The zero-order chi connectivity index (χ0) is 14.6. The molecule has 2 aliphatic heterocycles. The van der Waals surface area contributed by atoms with Crippen LogP contribution in [-0.2, 0) is 25.6 Å². The maximum absolute atomic E-state index is 12.3. The predicted octanol–water partition coefficient (Wildman–Crippen LogP) is -1.13. The van der Waals surface area contributed by atoms with Gasteiger partial charge in [0.15, 0.2) is 0 Å². The van der Waals surface area contributed by atoms with Gasteiger partial charge in [-0.15, -0.1) is 0 Å². The SMILES string of the molecule is CCS(=O)(=O)[C@]12C(=O)N[C@H]1C(CCCl)C(=O)[Te]2(=O)=O. The monoisotopic (exact) mass is 427 g/mol. The number of β-lactam (4-membered cyclic amide) rings is 1. The minimum atomic E-state index is -6.01. The number of sulfone groups is 1. The second-order valence-corrected chi connectivity index (χ2v) is 13.9. The second-order valence-electron chi connectivity index (χ2n) is 4.43. The van der Waals surface area contributed by atoms with Gasteiger partial charge in [0.05, 0.1) is 0 Å². The van der Waals surface area contributed by atoms with E-state index in [0.717, 1.165) is 0 Å². The van der Waals surface area contributed by atoms with E-state index in [4.69, 9.17) is 11.6 Å². The normalized spacial score (nSPS) is 36.5. The van der Waals surface area contributed by atoms with E-state index in [1.165, 1.54) is 6.92 Å². The number of alkyl halides is 1. The van der Waals surface area contributed by atoms with Crippen molar-refractivity contribution in [1.29, 1.82) is 0 Å². The summed E-state index contributed by atoms with van der Waals surface area (Å²) < 4.78 is 45.1. The van der Waals surface area contributed by atoms with Crippen LogP contribution in [0.1, 0.15) is 13.3 Å². The Hall–Kier alpha value is -0.230. The number of hydrogen-bond acceptors (Lipinski definition) is 6. The zero-order valence-electron chi connectivity index (χ0n) is 9.92. The van der Waals surface area contributed by atoms with E-state index in [2.05, 4.69) is 5.32 Å². The van der Waals surface area contributed by atoms with Gasteiger partial charge in [-0.3, -0.25) is 0 Å². The van der Waals surface area contributed by atoms with E-state index in [-0.39, 0.29) is 12.3 Å². The molecular formula is C9H12ClNO6STe. The van der Waals surface area contributed by atoms with Crippen LogP contribution >= 0.6 is 11.6 Å². The first kappa shape index (κ1) is 15.2. The number of halogens is 1. The molecule has 108 valence electrons. The number of hydrogen-bond donors (Lipinski definition) is 1. The van der Waals surface area contributed by atoms with Crippen LogP contribution < -0.4 is 5.32 Å². The topological polar surface area (TPSA) is 114 Å². The first-order chi connectivity index (χ1) is 8.68. The van der Waals surface area contributed by atoms with Crippen LogP contribution in [0.25, 0.3) is 0 Å². The summed E-state index contributed by atoms with van der Waals surface area (Å²) in [5, 5.41) is 2.26. The third kappa shape index (κ3) is 1.53. The molecule has 10 heteroatoms. The van der Waals surface area contributed by atoms with Gasteiger partial charge in [-0.05, 0) is 0 Å². The summed E-state index contributed by atoms with van der Waals surface area (Å²) in [7, 11) is -4.22. The first-order valence-corrected chi connectivity index (χ1v) is 12.0. The molecule has 0 aromatic carbocycles. The van der Waals surface area contributed by atoms with Crippen LogP contribution in [0.2, 0.25) is 0 Å². The van der Waals surface area contributed by atoms with E-state index >= 15 is 0 Å². The number of amides is 1. The van der Waals surface area contributed by atoms with Gasteiger partial charge < -0.3 is 0 Å². The second kappa shape index (κ2) is 4.38. The molecule has 2 rings (SSSR count). The maximum atomic E-state index is 12.3. The van der Waals surface area contributed by atoms with Crippen molar-refractivity contribution < 1.29 is 24.2 Å². The molecule has 2 heterocycles. The fourth-order valence-electron chi connectivity index (χ4n) is 2.66. The van der Waals surface area contributed by atoms with Gasteiger partial charge in [-0.25, -0.2) is 0 Å². The Morgan fingerprint density at radius 3 is 2.37 bits per heavy atom. The molecule has 0 saturated carbocycles. The molecule has 0 aliphatic carbocycles. The fourth-order valence-corrected chi connectivity index (χ4v) is 14.2. The Labute approximate surface area is 118 Å². The Morgan fingerprint density at radius 1 is 1.37 bits per heavy atom. The number of carbonyl (C=O) groups is 2. The Morgan fingerprint density at radius 2 is 1.95 bits per heavy atom. The molecule has 19 heavy (non-hydrogen) atoms. The van der Waals surface area contributed by atoms with E-state index < -0.39 is 58.2 Å². The number of carbonyl (C=O) groups excluding carboxylic acids is 2. The van der Waals surface area contributed by atoms with E-state index in [1.54, 1.807) is 0 Å². The van der Waals surface area contributed by atoms with Gasteiger partial charge >= 0.3 is 119 Å². The molecule has 1 amide bonds. The summed E-state index contributed by atoms with van der Waals surface area (Å²) in [6.07, 6.45) is 0.0322. The third-order valence-electron chi connectivity index (χ3n) is 3.64. The Balaban J connectivity index is 2.71. The van der Waals surface area contributed by atoms with Crippen molar-refractivity contribution in [3.05, 3.63) is 0 Å². The van der Waals surface area contributed by atoms with Gasteiger partial charge in [0.2, 0.25) is 0 Å². The summed E-state index contributed by atoms with van der Waals surface area (Å²) in [5.74, 6) is -2.62. The van der Waals surface area contributed by atoms with Crippen molar-refractivity contribution in [2.45, 2.75) is 22.2 Å². The molecule has 1 N–H and O–H groups in total. The van der Waals surface area contributed by atoms with Crippen LogP contribution in [0, 0.1) is 5.92 Å². The zero-order valence-corrected chi connectivity index (χ0v) is 13.8. The standard InChI is InChI=1S/C9H12ClNO6STe/c1-2-18(14,15)9-6(11-8(9)13)5(3-4-10)7(12)19(9,16)17/h5-6H,2-4H2,1H3,(H,11,13)/t5?,6-,9+/m0/s1. The third-order valence-corrected chi connectivity index (χ3v) is 15.5. The number of rotatable bonds is 4. The Bertz CT molecular complexity index is 656. The molecule has 0 spiro atoms. The van der Waals surface area contributed by atoms with Crippen LogP contribution in [0.3, 0.4) is 0 Å². The van der Waals surface area contributed by atoms with E-state index in [1.807, 2.05) is 0 Å². The van der Waals surface area contributed by atoms with Gasteiger partial charge in [0.1, 0.15) is 0 Å². The van der Waals surface area contributed by atoms with E-state index in [0.29, 0.717) is 0 Å². The summed E-state index contributed by atoms with van der Waals surface area (Å²) in [6.45, 7) is 1.25. The van der Waals surface area contributed by atoms with Gasteiger partial charge in [-0.1, -0.05) is 0 Å². The average Bonchev–Trinajstić information content (AvgIpc) is 2.44. The summed E-state index contributed by atoms with van der Waals surface area (Å²) in [5.41, 5.74) is 0. The molecule has 0 radical (unpaired) electrons. The fraction of sp³-hybridized carbons (Fsp3) is 0.778. The van der Waals surface area contributed by atoms with Crippen LogP contribution in [-0.4, -0.2) is 56.8 Å². The van der Waals surface area contributed by atoms with Gasteiger partial charge in [0, 0.05) is 0 Å². The van der Waals surface area contributed by atoms with Crippen molar-refractivity contribution >= 4 is 49.3 Å². The van der Waals surface area contributed by atoms with Crippen LogP contribution in [0.4, 0.5) is 0 Å². The van der Waals surface area contributed by atoms with Crippen molar-refractivity contribution in [2.75, 3.05) is 11.6 Å². The summed E-state index contributed by atoms with van der Waals surface area (Å²) in [6, 6.07) is -1.17. The van der Waals surface area contributed by atoms with Gasteiger partial charge in [0.25, 0.3) is 0 Å². The number of fused-ring (bicyclic) bond motifs is 1. The quantitative estimate of drug-likeness (QED) is 0.346. The molecule has 3 atom stereocenters. The molecule has 7 nitrogen and oxygen atoms in total. The minimum absolute atomic E-state index is 0.0176. The Kier molecular flexibility index (Phi) is 3.50. The predicted molar refractivity (Wildman–Crippen MR) is 65.1 cm³/mol. The van der Waals surface area contributed by atoms with Gasteiger partial charge in [-0.2, -0.15) is 0 Å². The molecule has 0 aromatic heterocycles. The molecule has 2 aliphatic rings. The molecule has 0 bridgehead atoms. The van der Waals surface area contributed by atoms with Crippen molar-refractivity contribution in [3.63, 3.8) is 0 Å². The molecule has 2 saturated heterocycles. The summed E-state index contributed by atoms with van der Waals surface area (Å²) in [4.78, 5) is 23.7. The van der Waals surface area contributed by atoms with Crippen molar-refractivity contribution in [1.82, 2.24) is 5.32 Å². The summed E-state index contributed by atoms with van der Waals surface area (Å²) >= 11 is -0.502. The van der Waals surface area contributed by atoms with Crippen molar-refractivity contribution in [2.24, 2.45) is 5.92 Å². The van der Waals surface area contributed by atoms with Crippen LogP contribution in [0.5, 0.6) is 0 Å². The van der Waals surface area contributed by atoms with Crippen molar-refractivity contribution in [3.8, 4) is 0 Å². The van der Waals surface area contributed by atoms with Crippen LogP contribution in [0.15, 0.2) is 0 Å². The number of nitrogens with one attached hydrogen (secondary N) is 1. The molecule has 1 unspecified atom stereocenters. The molecule has 0 aromatic rings. The molecular weight excluding hydrogens is 413 g/mol. The molecule has 2 fully saturated rings.